The third-order valence-corrected chi connectivity index (χ3v) is 5.42. The van der Waals surface area contributed by atoms with Gasteiger partial charge >= 0.3 is 5.97 Å². The van der Waals surface area contributed by atoms with Gasteiger partial charge in [-0.05, 0) is 63.4 Å². The average Bonchev–Trinajstić information content (AvgIpc) is 2.87. The summed E-state index contributed by atoms with van der Waals surface area (Å²) in [6.07, 6.45) is 3.77. The van der Waals surface area contributed by atoms with Crippen LogP contribution < -0.4 is 4.74 Å². The largest absolute Gasteiger partial charge is 0.494 e. The van der Waals surface area contributed by atoms with Crippen LogP contribution in [0.2, 0.25) is 5.02 Å². The van der Waals surface area contributed by atoms with Crippen LogP contribution in [0.5, 0.6) is 5.75 Å². The van der Waals surface area contributed by atoms with Crippen molar-refractivity contribution in [1.29, 1.82) is 0 Å². The first kappa shape index (κ1) is 21.5. The lowest BCUT2D eigenvalue weighted by Gasteiger charge is -2.25. The van der Waals surface area contributed by atoms with E-state index >= 15 is 0 Å². The number of halogens is 1. The summed E-state index contributed by atoms with van der Waals surface area (Å²) in [6.45, 7) is 3.89. The first-order valence-corrected chi connectivity index (χ1v) is 9.83. The van der Waals surface area contributed by atoms with E-state index in [-0.39, 0.29) is 18.5 Å². The molecule has 1 aliphatic heterocycles. The number of nitrogens with zero attached hydrogens (tertiary/aromatic N) is 2. The molecule has 1 atom stereocenters. The second-order valence-corrected chi connectivity index (χ2v) is 7.54. The number of benzene rings is 1. The molecule has 0 bridgehead atoms. The van der Waals surface area contributed by atoms with E-state index in [1.54, 1.807) is 0 Å². The molecule has 1 N–H and O–H groups in total. The van der Waals surface area contributed by atoms with Crippen LogP contribution in [0.3, 0.4) is 0 Å². The maximum absolute atomic E-state index is 12.5. The maximum atomic E-state index is 12.5. The Morgan fingerprint density at radius 2 is 2.11 bits per heavy atom. The number of carbonyl (C=O) groups is 2. The monoisotopic (exact) mass is 396 g/mol. The molecule has 7 heteroatoms. The number of amides is 1. The van der Waals surface area contributed by atoms with Crippen LogP contribution in [-0.4, -0.2) is 66.1 Å². The predicted molar refractivity (Wildman–Crippen MR) is 105 cm³/mol. The molecule has 1 saturated heterocycles. The average molecular weight is 397 g/mol. The zero-order valence-corrected chi connectivity index (χ0v) is 16.9. The summed E-state index contributed by atoms with van der Waals surface area (Å²) in [5.41, 5.74) is 0.970. The molecule has 6 nitrogen and oxygen atoms in total. The van der Waals surface area contributed by atoms with Crippen LogP contribution >= 0.6 is 11.6 Å². The van der Waals surface area contributed by atoms with E-state index in [1.807, 2.05) is 42.0 Å². The van der Waals surface area contributed by atoms with Gasteiger partial charge in [0.2, 0.25) is 5.91 Å². The highest BCUT2D eigenvalue weighted by Crippen LogP contribution is 2.21. The third-order valence-electron chi connectivity index (χ3n) is 4.99. The molecule has 0 radical (unpaired) electrons. The molecule has 0 aromatic heterocycles. The van der Waals surface area contributed by atoms with Crippen LogP contribution in [-0.2, 0) is 9.59 Å². The minimum atomic E-state index is -0.814. The predicted octanol–water partition coefficient (Wildman–Crippen LogP) is 3.20. The Morgan fingerprint density at radius 1 is 1.33 bits per heavy atom. The topological polar surface area (TPSA) is 70.1 Å². The van der Waals surface area contributed by atoms with Crippen molar-refractivity contribution in [3.05, 3.63) is 28.8 Å². The van der Waals surface area contributed by atoms with E-state index in [4.69, 9.17) is 21.4 Å². The fraction of sp³-hybridized carbons (Fsp3) is 0.600. The van der Waals surface area contributed by atoms with Gasteiger partial charge in [0.05, 0.1) is 13.2 Å². The first-order valence-electron chi connectivity index (χ1n) is 9.45. The Balaban J connectivity index is 1.71. The number of carboxylic acids is 1. The second kappa shape index (κ2) is 10.5. The Bertz CT molecular complexity index is 653. The van der Waals surface area contributed by atoms with Gasteiger partial charge in [-0.2, -0.15) is 0 Å². The van der Waals surface area contributed by atoms with Gasteiger partial charge in [-0.25, -0.2) is 0 Å². The summed E-state index contributed by atoms with van der Waals surface area (Å²) >= 11 is 6.00. The zero-order chi connectivity index (χ0) is 19.8. The van der Waals surface area contributed by atoms with Crippen molar-refractivity contribution >= 4 is 23.5 Å². The van der Waals surface area contributed by atoms with Crippen molar-refractivity contribution in [3.63, 3.8) is 0 Å². The van der Waals surface area contributed by atoms with E-state index in [0.29, 0.717) is 31.0 Å². The number of rotatable bonds is 8. The molecule has 0 aliphatic carbocycles. The number of aryl methyl sites for hydroxylation is 1. The quantitative estimate of drug-likeness (QED) is 0.683. The highest BCUT2D eigenvalue weighted by Gasteiger charge is 2.23. The molecule has 0 spiro atoms. The van der Waals surface area contributed by atoms with Crippen LogP contribution in [0, 0.1) is 6.92 Å². The molecule has 0 saturated carbocycles. The highest BCUT2D eigenvalue weighted by molar-refractivity contribution is 6.31. The number of likely N-dealkylation sites (N-methyl/N-ethyl adjacent to an activating group) is 1. The zero-order valence-electron chi connectivity index (χ0n) is 16.1. The molecular formula is C20H29ClN2O4. The van der Waals surface area contributed by atoms with Crippen molar-refractivity contribution in [3.8, 4) is 5.75 Å². The fourth-order valence-corrected chi connectivity index (χ4v) is 3.51. The van der Waals surface area contributed by atoms with Crippen LogP contribution in [0.25, 0.3) is 0 Å². The summed E-state index contributed by atoms with van der Waals surface area (Å²) in [4.78, 5) is 27.1. The normalized spacial score (nSPS) is 17.6. The molecule has 1 aliphatic rings. The molecule has 2 rings (SSSR count). The van der Waals surface area contributed by atoms with Crippen molar-refractivity contribution in [2.45, 2.75) is 45.1 Å². The molecule has 1 heterocycles. The van der Waals surface area contributed by atoms with Crippen molar-refractivity contribution < 1.29 is 19.4 Å². The molecule has 1 unspecified atom stereocenters. The van der Waals surface area contributed by atoms with E-state index in [1.165, 1.54) is 0 Å². The molecule has 1 amide bonds. The van der Waals surface area contributed by atoms with Gasteiger partial charge in [0.25, 0.3) is 0 Å². The summed E-state index contributed by atoms with van der Waals surface area (Å²) in [5.74, 6) is 0.0985. The van der Waals surface area contributed by atoms with Crippen LogP contribution in [0.15, 0.2) is 18.2 Å². The maximum Gasteiger partial charge on any atom is 0.317 e. The Labute approximate surface area is 166 Å². The smallest absolute Gasteiger partial charge is 0.317 e. The molecule has 1 aromatic carbocycles. The molecule has 1 aromatic rings. The lowest BCUT2D eigenvalue weighted by molar-refractivity contribution is -0.138. The summed E-state index contributed by atoms with van der Waals surface area (Å²) < 4.78 is 5.70. The fourth-order valence-electron chi connectivity index (χ4n) is 3.39. The number of carbonyl (C=O) groups excluding carboxylic acids is 1. The van der Waals surface area contributed by atoms with Crippen LogP contribution in [0.1, 0.15) is 37.7 Å². The van der Waals surface area contributed by atoms with Crippen molar-refractivity contribution in [2.24, 2.45) is 0 Å². The number of aliphatic carboxylic acids is 1. The van der Waals surface area contributed by atoms with Crippen LogP contribution in [0.4, 0.5) is 0 Å². The van der Waals surface area contributed by atoms with E-state index in [2.05, 4.69) is 0 Å². The lowest BCUT2D eigenvalue weighted by Crippen LogP contribution is -2.37. The standard InChI is InChI=1S/C20H29ClN2O4/c1-15-13-17(7-8-18(15)21)27-12-4-6-19(24)23-10-3-5-16(9-11-23)22(2)14-20(25)26/h7-8,13,16H,3-6,9-12,14H2,1-2H3,(H,25,26). The van der Waals surface area contributed by atoms with Crippen molar-refractivity contribution in [2.75, 3.05) is 33.3 Å². The van der Waals surface area contributed by atoms with Crippen molar-refractivity contribution in [1.82, 2.24) is 9.80 Å². The SMILES string of the molecule is Cc1cc(OCCCC(=O)N2CCCC(N(C)CC(=O)O)CC2)ccc1Cl. The number of ether oxygens (including phenoxy) is 1. The van der Waals surface area contributed by atoms with Gasteiger partial charge < -0.3 is 14.7 Å². The minimum Gasteiger partial charge on any atom is -0.494 e. The number of likely N-dealkylation sites (tertiary alicyclic amines) is 1. The first-order chi connectivity index (χ1) is 12.9. The summed E-state index contributed by atoms with van der Waals surface area (Å²) in [5, 5.41) is 9.65. The van der Waals surface area contributed by atoms with Gasteiger partial charge in [0.15, 0.2) is 0 Å². The molecule has 150 valence electrons. The number of carboxylic acid groups (broad SMARTS) is 1. The van der Waals surface area contributed by atoms with Gasteiger partial charge in [0, 0.05) is 30.6 Å². The van der Waals surface area contributed by atoms with E-state index in [0.717, 1.165) is 37.1 Å². The Morgan fingerprint density at radius 3 is 2.81 bits per heavy atom. The van der Waals surface area contributed by atoms with Gasteiger partial charge in [-0.1, -0.05) is 11.6 Å². The minimum absolute atomic E-state index is 0.0418. The highest BCUT2D eigenvalue weighted by atomic mass is 35.5. The van der Waals surface area contributed by atoms with E-state index < -0.39 is 5.97 Å². The second-order valence-electron chi connectivity index (χ2n) is 7.14. The Hall–Kier alpha value is -1.79. The van der Waals surface area contributed by atoms with Gasteiger partial charge in [-0.15, -0.1) is 0 Å². The van der Waals surface area contributed by atoms with E-state index in [9.17, 15) is 9.59 Å². The lowest BCUT2D eigenvalue weighted by atomic mass is 10.1. The van der Waals surface area contributed by atoms with Gasteiger partial charge in [0.1, 0.15) is 5.75 Å². The number of hydrogen-bond acceptors (Lipinski definition) is 4. The van der Waals surface area contributed by atoms with Gasteiger partial charge in [-0.3, -0.25) is 14.5 Å². The number of hydrogen-bond donors (Lipinski definition) is 1. The molecule has 27 heavy (non-hydrogen) atoms. The molecular weight excluding hydrogens is 368 g/mol. The third kappa shape index (κ3) is 7.03. The summed E-state index contributed by atoms with van der Waals surface area (Å²) in [6, 6.07) is 5.76. The molecule has 1 fully saturated rings. The Kier molecular flexibility index (Phi) is 8.38. The summed E-state index contributed by atoms with van der Waals surface area (Å²) in [7, 11) is 1.84.